The van der Waals surface area contributed by atoms with Gasteiger partial charge in [0.05, 0.1) is 7.11 Å². The molecule has 2 aromatic carbocycles. The van der Waals surface area contributed by atoms with Gasteiger partial charge in [-0.05, 0) is 42.2 Å². The second kappa shape index (κ2) is 10.5. The fraction of sp³-hybridized carbons (Fsp3) is 0.300. The van der Waals surface area contributed by atoms with Gasteiger partial charge in [-0.25, -0.2) is 0 Å². The molecular formula is C20H23ClN2O3. The lowest BCUT2D eigenvalue weighted by Gasteiger charge is -2.09. The maximum atomic E-state index is 11.9. The summed E-state index contributed by atoms with van der Waals surface area (Å²) in [7, 11) is 1.62. The van der Waals surface area contributed by atoms with E-state index in [1.165, 1.54) is 0 Å². The Bertz CT molecular complexity index is 749. The first-order valence-electron chi connectivity index (χ1n) is 8.48. The molecule has 5 nitrogen and oxygen atoms in total. The van der Waals surface area contributed by atoms with Crippen LogP contribution < -0.4 is 15.4 Å². The van der Waals surface area contributed by atoms with Crippen LogP contribution >= 0.6 is 11.6 Å². The van der Waals surface area contributed by atoms with Gasteiger partial charge in [0.2, 0.25) is 11.8 Å². The van der Waals surface area contributed by atoms with Crippen molar-refractivity contribution in [2.45, 2.75) is 19.3 Å². The zero-order chi connectivity index (χ0) is 18.8. The Labute approximate surface area is 158 Å². The first-order chi connectivity index (χ1) is 12.6. The predicted molar refractivity (Wildman–Crippen MR) is 102 cm³/mol. The Hall–Kier alpha value is -2.53. The van der Waals surface area contributed by atoms with Crippen molar-refractivity contribution in [1.29, 1.82) is 0 Å². The molecule has 0 atom stereocenters. The summed E-state index contributed by atoms with van der Waals surface area (Å²) >= 11 is 5.92. The third-order valence-electron chi connectivity index (χ3n) is 3.86. The monoisotopic (exact) mass is 374 g/mol. The maximum Gasteiger partial charge on any atom is 0.229 e. The highest BCUT2D eigenvalue weighted by Crippen LogP contribution is 2.17. The fourth-order valence-corrected chi connectivity index (χ4v) is 2.77. The SMILES string of the molecule is COc1ccccc1CCNC(=O)CC(=O)NCCc1cccc(Cl)c1. The predicted octanol–water partition coefficient (Wildman–Crippen LogP) is 2.76. The summed E-state index contributed by atoms with van der Waals surface area (Å²) in [5.41, 5.74) is 2.06. The third-order valence-corrected chi connectivity index (χ3v) is 4.09. The van der Waals surface area contributed by atoms with Crippen molar-refractivity contribution in [2.75, 3.05) is 20.2 Å². The van der Waals surface area contributed by atoms with Gasteiger partial charge in [0.15, 0.2) is 0 Å². The van der Waals surface area contributed by atoms with E-state index in [4.69, 9.17) is 16.3 Å². The van der Waals surface area contributed by atoms with Gasteiger partial charge in [-0.15, -0.1) is 0 Å². The molecule has 0 saturated heterocycles. The molecule has 0 aliphatic heterocycles. The number of amides is 2. The van der Waals surface area contributed by atoms with Gasteiger partial charge in [-0.1, -0.05) is 41.9 Å². The molecule has 0 aliphatic carbocycles. The normalized spacial score (nSPS) is 10.2. The highest BCUT2D eigenvalue weighted by Gasteiger charge is 2.09. The van der Waals surface area contributed by atoms with Crippen LogP contribution in [0.4, 0.5) is 0 Å². The van der Waals surface area contributed by atoms with Crippen LogP contribution in [0.1, 0.15) is 17.5 Å². The van der Waals surface area contributed by atoms with Gasteiger partial charge >= 0.3 is 0 Å². The summed E-state index contributed by atoms with van der Waals surface area (Å²) < 4.78 is 5.27. The molecule has 6 heteroatoms. The molecule has 2 rings (SSSR count). The summed E-state index contributed by atoms with van der Waals surface area (Å²) in [6.45, 7) is 0.919. The fourth-order valence-electron chi connectivity index (χ4n) is 2.56. The van der Waals surface area contributed by atoms with Gasteiger partial charge in [0, 0.05) is 18.1 Å². The summed E-state index contributed by atoms with van der Waals surface area (Å²) in [6, 6.07) is 15.1. The highest BCUT2D eigenvalue weighted by molar-refractivity contribution is 6.30. The van der Waals surface area contributed by atoms with E-state index in [-0.39, 0.29) is 18.2 Å². The molecule has 0 aliphatic rings. The minimum Gasteiger partial charge on any atom is -0.496 e. The van der Waals surface area contributed by atoms with E-state index in [0.29, 0.717) is 31.0 Å². The number of halogens is 1. The van der Waals surface area contributed by atoms with Gasteiger partial charge in [0.25, 0.3) is 0 Å². The lowest BCUT2D eigenvalue weighted by Crippen LogP contribution is -2.33. The van der Waals surface area contributed by atoms with E-state index < -0.39 is 0 Å². The van der Waals surface area contributed by atoms with Gasteiger partial charge in [-0.3, -0.25) is 9.59 Å². The molecule has 0 saturated carbocycles. The van der Waals surface area contributed by atoms with Crippen LogP contribution in [0, 0.1) is 0 Å². The minimum absolute atomic E-state index is 0.179. The number of para-hydroxylation sites is 1. The van der Waals surface area contributed by atoms with Gasteiger partial charge < -0.3 is 15.4 Å². The van der Waals surface area contributed by atoms with Gasteiger partial charge in [0.1, 0.15) is 12.2 Å². The van der Waals surface area contributed by atoms with Crippen LogP contribution in [0.15, 0.2) is 48.5 Å². The second-order valence-corrected chi connectivity index (χ2v) is 6.25. The molecule has 0 aromatic heterocycles. The number of hydrogen-bond donors (Lipinski definition) is 2. The van der Waals surface area contributed by atoms with Crippen LogP contribution in [-0.4, -0.2) is 32.0 Å². The van der Waals surface area contributed by atoms with Crippen LogP contribution in [0.2, 0.25) is 5.02 Å². The molecule has 0 unspecified atom stereocenters. The van der Waals surface area contributed by atoms with Crippen molar-refractivity contribution in [3.05, 3.63) is 64.7 Å². The van der Waals surface area contributed by atoms with Crippen LogP contribution in [-0.2, 0) is 22.4 Å². The average molecular weight is 375 g/mol. The first-order valence-corrected chi connectivity index (χ1v) is 8.86. The molecule has 0 bridgehead atoms. The van der Waals surface area contributed by atoms with Crippen molar-refractivity contribution in [3.8, 4) is 5.75 Å². The highest BCUT2D eigenvalue weighted by atomic mass is 35.5. The minimum atomic E-state index is -0.292. The molecule has 138 valence electrons. The van der Waals surface area contributed by atoms with E-state index in [0.717, 1.165) is 16.9 Å². The van der Waals surface area contributed by atoms with E-state index in [9.17, 15) is 9.59 Å². The largest absolute Gasteiger partial charge is 0.496 e. The van der Waals surface area contributed by atoms with E-state index in [1.807, 2.05) is 42.5 Å². The second-order valence-electron chi connectivity index (χ2n) is 5.82. The van der Waals surface area contributed by atoms with Crippen molar-refractivity contribution in [2.24, 2.45) is 0 Å². The Morgan fingerprint density at radius 3 is 2.35 bits per heavy atom. The molecule has 2 N–H and O–H groups in total. The third kappa shape index (κ3) is 6.76. The molecule has 0 spiro atoms. The number of carbonyl (C=O) groups is 2. The number of hydrogen-bond acceptors (Lipinski definition) is 3. The average Bonchev–Trinajstić information content (AvgIpc) is 2.62. The number of benzene rings is 2. The summed E-state index contributed by atoms with van der Waals surface area (Å²) in [6.07, 6.45) is 1.13. The molecule has 0 radical (unpaired) electrons. The smallest absolute Gasteiger partial charge is 0.229 e. The zero-order valence-electron chi connectivity index (χ0n) is 14.8. The molecule has 0 fully saturated rings. The van der Waals surface area contributed by atoms with E-state index >= 15 is 0 Å². The number of carbonyl (C=O) groups excluding carboxylic acids is 2. The lowest BCUT2D eigenvalue weighted by atomic mass is 10.1. The van der Waals surface area contributed by atoms with Gasteiger partial charge in [-0.2, -0.15) is 0 Å². The van der Waals surface area contributed by atoms with E-state index in [1.54, 1.807) is 13.2 Å². The van der Waals surface area contributed by atoms with Crippen LogP contribution in [0.25, 0.3) is 0 Å². The number of nitrogens with one attached hydrogen (secondary N) is 2. The Kier molecular flexibility index (Phi) is 7.96. The number of rotatable bonds is 9. The summed E-state index contributed by atoms with van der Waals surface area (Å²) in [5, 5.41) is 6.17. The molecule has 2 aromatic rings. The molecular weight excluding hydrogens is 352 g/mol. The lowest BCUT2D eigenvalue weighted by molar-refractivity contribution is -0.129. The Balaban J connectivity index is 1.65. The topological polar surface area (TPSA) is 67.4 Å². The van der Waals surface area contributed by atoms with Crippen molar-refractivity contribution < 1.29 is 14.3 Å². The molecule has 0 heterocycles. The molecule has 2 amide bonds. The summed E-state index contributed by atoms with van der Waals surface area (Å²) in [5.74, 6) is 0.211. The van der Waals surface area contributed by atoms with Crippen molar-refractivity contribution in [3.63, 3.8) is 0 Å². The Morgan fingerprint density at radius 2 is 1.65 bits per heavy atom. The zero-order valence-corrected chi connectivity index (χ0v) is 15.5. The first kappa shape index (κ1) is 19.8. The standard InChI is InChI=1S/C20H23ClN2O3/c1-26-18-8-3-2-6-16(18)10-12-23-20(25)14-19(24)22-11-9-15-5-4-7-17(21)13-15/h2-8,13H,9-12,14H2,1H3,(H,22,24)(H,23,25). The maximum absolute atomic E-state index is 11.9. The van der Waals surface area contributed by atoms with Crippen molar-refractivity contribution in [1.82, 2.24) is 10.6 Å². The van der Waals surface area contributed by atoms with E-state index in [2.05, 4.69) is 10.6 Å². The Morgan fingerprint density at radius 1 is 0.962 bits per heavy atom. The number of ether oxygens (including phenoxy) is 1. The van der Waals surface area contributed by atoms with Crippen LogP contribution in [0.5, 0.6) is 5.75 Å². The van der Waals surface area contributed by atoms with Crippen LogP contribution in [0.3, 0.4) is 0 Å². The summed E-state index contributed by atoms with van der Waals surface area (Å²) in [4.78, 5) is 23.7. The number of methoxy groups -OCH3 is 1. The quantitative estimate of drug-likeness (QED) is 0.663. The molecule has 26 heavy (non-hydrogen) atoms. The van der Waals surface area contributed by atoms with Crippen molar-refractivity contribution >= 4 is 23.4 Å².